The van der Waals surface area contributed by atoms with E-state index in [2.05, 4.69) is 26.5 Å². The monoisotopic (exact) mass is 373 g/mol. The third-order valence-electron chi connectivity index (χ3n) is 4.35. The third kappa shape index (κ3) is 3.16. The highest BCUT2D eigenvalue weighted by molar-refractivity contribution is 8.00. The summed E-state index contributed by atoms with van der Waals surface area (Å²) in [6.07, 6.45) is 0.950. The summed E-state index contributed by atoms with van der Waals surface area (Å²) in [5.74, 6) is 0.724. The molecule has 130 valence electrons. The van der Waals surface area contributed by atoms with Crippen LogP contribution in [0.3, 0.4) is 0 Å². The molecule has 0 aliphatic carbocycles. The molecule has 3 aromatic heterocycles. The summed E-state index contributed by atoms with van der Waals surface area (Å²) in [7, 11) is 0. The maximum atomic E-state index is 12.8. The van der Waals surface area contributed by atoms with Gasteiger partial charge in [0.05, 0.1) is 5.25 Å². The molecule has 6 nitrogen and oxygen atoms in total. The van der Waals surface area contributed by atoms with Gasteiger partial charge >= 0.3 is 0 Å². The van der Waals surface area contributed by atoms with Crippen molar-refractivity contribution in [3.8, 4) is 0 Å². The molecular weight excluding hydrogens is 354 g/mol. The number of hydrogen-bond acceptors (Lipinski definition) is 6. The standard InChI is InChI=1S/C17H19N5OS2/c1-10-8-11(2)22-16(18-10)19-17(20-22)25-12(3)15(23)21-6-4-14-13(9-21)5-7-24-14/h5,7-8,12H,4,6,9H2,1-3H3. The normalized spacial score (nSPS) is 15.4. The first kappa shape index (κ1) is 16.5. The molecule has 25 heavy (non-hydrogen) atoms. The molecule has 4 rings (SSSR count). The maximum absolute atomic E-state index is 12.8. The Hall–Kier alpha value is -1.93. The fourth-order valence-corrected chi connectivity index (χ4v) is 4.82. The number of nitrogens with zero attached hydrogens (tertiary/aromatic N) is 5. The van der Waals surface area contributed by atoms with E-state index in [1.165, 1.54) is 22.2 Å². The summed E-state index contributed by atoms with van der Waals surface area (Å²) in [5.41, 5.74) is 3.18. The van der Waals surface area contributed by atoms with E-state index in [4.69, 9.17) is 0 Å². The summed E-state index contributed by atoms with van der Waals surface area (Å²) in [6, 6.07) is 4.09. The molecule has 1 aliphatic rings. The van der Waals surface area contributed by atoms with Crippen molar-refractivity contribution >= 4 is 34.8 Å². The Morgan fingerprint density at radius 2 is 2.20 bits per heavy atom. The zero-order valence-electron chi connectivity index (χ0n) is 14.4. The van der Waals surface area contributed by atoms with Crippen molar-refractivity contribution in [1.29, 1.82) is 0 Å². The minimum Gasteiger partial charge on any atom is -0.337 e. The highest BCUT2D eigenvalue weighted by atomic mass is 32.2. The number of carbonyl (C=O) groups excluding carboxylic acids is 1. The van der Waals surface area contributed by atoms with Gasteiger partial charge < -0.3 is 4.90 Å². The largest absolute Gasteiger partial charge is 0.337 e. The van der Waals surface area contributed by atoms with Gasteiger partial charge in [0, 0.05) is 29.4 Å². The third-order valence-corrected chi connectivity index (χ3v) is 6.31. The molecule has 1 atom stereocenters. The molecule has 8 heteroatoms. The Balaban J connectivity index is 1.49. The molecule has 0 bridgehead atoms. The van der Waals surface area contributed by atoms with E-state index in [1.807, 2.05) is 31.7 Å². The molecule has 3 aromatic rings. The topological polar surface area (TPSA) is 63.4 Å². The number of aromatic nitrogens is 4. The van der Waals surface area contributed by atoms with Gasteiger partial charge in [-0.2, -0.15) is 4.98 Å². The van der Waals surface area contributed by atoms with Gasteiger partial charge in [0.15, 0.2) is 0 Å². The molecule has 1 amide bonds. The van der Waals surface area contributed by atoms with E-state index in [0.29, 0.717) is 17.5 Å². The van der Waals surface area contributed by atoms with Gasteiger partial charge in [-0.25, -0.2) is 9.50 Å². The summed E-state index contributed by atoms with van der Waals surface area (Å²) >= 11 is 3.18. The Kier molecular flexibility index (Phi) is 4.24. The second kappa shape index (κ2) is 6.42. The van der Waals surface area contributed by atoms with Crippen LogP contribution in [0.1, 0.15) is 28.8 Å². The minimum atomic E-state index is -0.223. The van der Waals surface area contributed by atoms with Crippen LogP contribution in [0.5, 0.6) is 0 Å². The summed E-state index contributed by atoms with van der Waals surface area (Å²) in [6.45, 7) is 7.34. The van der Waals surface area contributed by atoms with Crippen LogP contribution in [-0.2, 0) is 17.8 Å². The number of fused-ring (bicyclic) bond motifs is 2. The number of thioether (sulfide) groups is 1. The molecule has 0 fully saturated rings. The van der Waals surface area contributed by atoms with Crippen LogP contribution in [-0.4, -0.2) is 42.2 Å². The van der Waals surface area contributed by atoms with E-state index >= 15 is 0 Å². The number of aryl methyl sites for hydroxylation is 2. The van der Waals surface area contributed by atoms with Gasteiger partial charge in [-0.3, -0.25) is 4.79 Å². The van der Waals surface area contributed by atoms with Gasteiger partial charge in [0.25, 0.3) is 5.78 Å². The molecule has 0 saturated heterocycles. The first-order valence-electron chi connectivity index (χ1n) is 8.23. The van der Waals surface area contributed by atoms with E-state index in [9.17, 15) is 4.79 Å². The Labute approximate surface area is 154 Å². The fourth-order valence-electron chi connectivity index (χ4n) is 3.10. The van der Waals surface area contributed by atoms with Crippen molar-refractivity contribution in [3.63, 3.8) is 0 Å². The number of amides is 1. The summed E-state index contributed by atoms with van der Waals surface area (Å²) in [5, 5.41) is 6.96. The van der Waals surface area contributed by atoms with Gasteiger partial charge in [0.2, 0.25) is 11.1 Å². The SMILES string of the molecule is Cc1cc(C)n2nc(SC(C)C(=O)N3CCc4sccc4C3)nc2n1. The zero-order chi connectivity index (χ0) is 17.6. The van der Waals surface area contributed by atoms with Gasteiger partial charge in [-0.05, 0) is 50.3 Å². The second-order valence-electron chi connectivity index (χ2n) is 6.28. The first-order valence-corrected chi connectivity index (χ1v) is 9.99. The predicted molar refractivity (Wildman–Crippen MR) is 99.0 cm³/mol. The molecule has 0 N–H and O–H groups in total. The maximum Gasteiger partial charge on any atom is 0.253 e. The smallest absolute Gasteiger partial charge is 0.253 e. The van der Waals surface area contributed by atoms with Crippen LogP contribution >= 0.6 is 23.1 Å². The Morgan fingerprint density at radius 3 is 3.04 bits per heavy atom. The number of carbonyl (C=O) groups is 1. The Bertz CT molecular complexity index is 948. The van der Waals surface area contributed by atoms with Crippen LogP contribution < -0.4 is 0 Å². The number of thiophene rings is 1. The van der Waals surface area contributed by atoms with Gasteiger partial charge in [-0.1, -0.05) is 11.8 Å². The van der Waals surface area contributed by atoms with Gasteiger partial charge in [0.1, 0.15) is 0 Å². The first-order chi connectivity index (χ1) is 12.0. The summed E-state index contributed by atoms with van der Waals surface area (Å²) < 4.78 is 1.73. The highest BCUT2D eigenvalue weighted by Crippen LogP contribution is 2.27. The molecule has 1 unspecified atom stereocenters. The van der Waals surface area contributed by atoms with Crippen LogP contribution in [0, 0.1) is 13.8 Å². The molecule has 0 aromatic carbocycles. The lowest BCUT2D eigenvalue weighted by atomic mass is 10.1. The van der Waals surface area contributed by atoms with Crippen molar-refractivity contribution in [2.45, 2.75) is 44.1 Å². The van der Waals surface area contributed by atoms with E-state index in [1.54, 1.807) is 15.9 Å². The molecule has 0 spiro atoms. The van der Waals surface area contributed by atoms with Crippen LogP contribution in [0.4, 0.5) is 0 Å². The van der Waals surface area contributed by atoms with E-state index in [-0.39, 0.29) is 11.2 Å². The van der Waals surface area contributed by atoms with Crippen molar-refractivity contribution < 1.29 is 4.79 Å². The van der Waals surface area contributed by atoms with Crippen molar-refractivity contribution in [2.24, 2.45) is 0 Å². The highest BCUT2D eigenvalue weighted by Gasteiger charge is 2.27. The van der Waals surface area contributed by atoms with Crippen molar-refractivity contribution in [3.05, 3.63) is 39.3 Å². The van der Waals surface area contributed by atoms with Gasteiger partial charge in [-0.15, -0.1) is 16.4 Å². The lowest BCUT2D eigenvalue weighted by Crippen LogP contribution is -2.39. The Morgan fingerprint density at radius 1 is 1.36 bits per heavy atom. The predicted octanol–water partition coefficient (Wildman–Crippen LogP) is 2.87. The zero-order valence-corrected chi connectivity index (χ0v) is 16.0. The molecular formula is C17H19N5OS2. The fraction of sp³-hybridized carbons (Fsp3) is 0.412. The summed E-state index contributed by atoms with van der Waals surface area (Å²) in [4.78, 5) is 25.0. The average molecular weight is 374 g/mol. The minimum absolute atomic E-state index is 0.140. The molecule has 0 saturated carbocycles. The van der Waals surface area contributed by atoms with Crippen molar-refractivity contribution in [1.82, 2.24) is 24.5 Å². The average Bonchev–Trinajstić information content (AvgIpc) is 3.19. The number of rotatable bonds is 3. The van der Waals surface area contributed by atoms with Crippen LogP contribution in [0.2, 0.25) is 0 Å². The van der Waals surface area contributed by atoms with Crippen LogP contribution in [0.15, 0.2) is 22.7 Å². The van der Waals surface area contributed by atoms with Crippen molar-refractivity contribution in [2.75, 3.05) is 6.54 Å². The van der Waals surface area contributed by atoms with E-state index < -0.39 is 0 Å². The lowest BCUT2D eigenvalue weighted by Gasteiger charge is -2.28. The molecule has 0 radical (unpaired) electrons. The lowest BCUT2D eigenvalue weighted by molar-refractivity contribution is -0.131. The number of hydrogen-bond donors (Lipinski definition) is 0. The molecule has 4 heterocycles. The molecule has 1 aliphatic heterocycles. The van der Waals surface area contributed by atoms with E-state index in [0.717, 1.165) is 24.4 Å². The quantitative estimate of drug-likeness (QED) is 0.661. The second-order valence-corrected chi connectivity index (χ2v) is 8.59. The van der Waals surface area contributed by atoms with Crippen LogP contribution in [0.25, 0.3) is 5.78 Å².